The van der Waals surface area contributed by atoms with Gasteiger partial charge in [0.25, 0.3) is 0 Å². The number of thioether (sulfide) groups is 1. The van der Waals surface area contributed by atoms with Crippen molar-refractivity contribution in [3.8, 4) is 0 Å². The molecule has 0 saturated carbocycles. The van der Waals surface area contributed by atoms with Gasteiger partial charge >= 0.3 is 5.97 Å². The molecule has 3 nitrogen and oxygen atoms in total. The maximum absolute atomic E-state index is 10.6. The summed E-state index contributed by atoms with van der Waals surface area (Å²) < 4.78 is 0. The number of rotatable bonds is 6. The van der Waals surface area contributed by atoms with E-state index >= 15 is 0 Å². The van der Waals surface area contributed by atoms with Crippen LogP contribution in [-0.2, 0) is 4.79 Å². The van der Waals surface area contributed by atoms with Crippen LogP contribution >= 0.6 is 11.8 Å². The van der Waals surface area contributed by atoms with Crippen LogP contribution in [0.3, 0.4) is 0 Å². The highest BCUT2D eigenvalue weighted by atomic mass is 32.2. The van der Waals surface area contributed by atoms with E-state index in [0.717, 1.165) is 12.2 Å². The maximum atomic E-state index is 10.6. The topological polar surface area (TPSA) is 63.3 Å². The molecule has 0 rings (SSSR count). The van der Waals surface area contributed by atoms with Gasteiger partial charge < -0.3 is 10.8 Å². The molecule has 0 aliphatic heterocycles. The Morgan fingerprint density at radius 1 is 1.50 bits per heavy atom. The summed E-state index contributed by atoms with van der Waals surface area (Å²) in [5.41, 5.74) is 5.66. The Labute approximate surface area is 77.7 Å². The molecule has 2 atom stereocenters. The Morgan fingerprint density at radius 3 is 2.42 bits per heavy atom. The average molecular weight is 191 g/mol. The second-order valence-electron chi connectivity index (χ2n) is 2.74. The third kappa shape index (κ3) is 4.62. The minimum absolute atomic E-state index is 0.128. The quantitative estimate of drug-likeness (QED) is 0.664. The van der Waals surface area contributed by atoms with Crippen LogP contribution < -0.4 is 5.73 Å². The summed E-state index contributed by atoms with van der Waals surface area (Å²) >= 11 is 1.44. The highest BCUT2D eigenvalue weighted by Gasteiger charge is 2.15. The van der Waals surface area contributed by atoms with Crippen molar-refractivity contribution < 1.29 is 9.90 Å². The van der Waals surface area contributed by atoms with Crippen LogP contribution in [0.1, 0.15) is 26.7 Å². The van der Waals surface area contributed by atoms with Gasteiger partial charge in [-0.05, 0) is 12.8 Å². The van der Waals surface area contributed by atoms with Gasteiger partial charge in [-0.3, -0.25) is 4.79 Å². The van der Waals surface area contributed by atoms with Crippen molar-refractivity contribution in [2.24, 2.45) is 5.73 Å². The van der Waals surface area contributed by atoms with Gasteiger partial charge in [-0.15, -0.1) is 11.8 Å². The van der Waals surface area contributed by atoms with E-state index < -0.39 is 5.97 Å². The number of carbonyl (C=O) groups is 1. The lowest BCUT2D eigenvalue weighted by molar-refractivity contribution is -0.136. The molecule has 0 amide bonds. The number of nitrogens with two attached hydrogens (primary N) is 1. The van der Waals surface area contributed by atoms with E-state index in [1.165, 1.54) is 11.8 Å². The number of hydrogen-bond acceptors (Lipinski definition) is 3. The van der Waals surface area contributed by atoms with Crippen molar-refractivity contribution in [2.75, 3.05) is 5.75 Å². The Balaban J connectivity index is 3.65. The molecule has 0 aliphatic carbocycles. The normalized spacial score (nSPS) is 15.6. The number of hydrogen-bond donors (Lipinski definition) is 2. The molecule has 0 radical (unpaired) electrons. The zero-order valence-corrected chi connectivity index (χ0v) is 8.43. The largest absolute Gasteiger partial charge is 0.480 e. The molecule has 0 saturated heterocycles. The van der Waals surface area contributed by atoms with Crippen LogP contribution in [0.15, 0.2) is 0 Å². The van der Waals surface area contributed by atoms with E-state index in [1.807, 2.05) is 13.8 Å². The molecule has 0 heterocycles. The molecule has 2 unspecified atom stereocenters. The molecule has 0 bridgehead atoms. The number of aliphatic carboxylic acids is 1. The first kappa shape index (κ1) is 11.8. The lowest BCUT2D eigenvalue weighted by atomic mass is 10.3. The molecule has 72 valence electrons. The van der Waals surface area contributed by atoms with E-state index in [4.69, 9.17) is 10.8 Å². The van der Waals surface area contributed by atoms with Gasteiger partial charge in [0.15, 0.2) is 0 Å². The minimum atomic E-state index is -0.731. The lowest BCUT2D eigenvalue weighted by Gasteiger charge is -2.12. The zero-order valence-electron chi connectivity index (χ0n) is 7.62. The van der Waals surface area contributed by atoms with Crippen molar-refractivity contribution in [3.63, 3.8) is 0 Å². The van der Waals surface area contributed by atoms with Gasteiger partial charge in [-0.2, -0.15) is 0 Å². The first-order valence-corrected chi connectivity index (χ1v) is 5.26. The molecule has 4 heteroatoms. The third-order valence-corrected chi connectivity index (χ3v) is 3.24. The van der Waals surface area contributed by atoms with Crippen LogP contribution in [0, 0.1) is 0 Å². The summed E-state index contributed by atoms with van der Waals surface area (Å²) in [7, 11) is 0. The van der Waals surface area contributed by atoms with Gasteiger partial charge in [0.1, 0.15) is 5.25 Å². The Morgan fingerprint density at radius 2 is 2.08 bits per heavy atom. The second-order valence-corrected chi connectivity index (χ2v) is 3.97. The van der Waals surface area contributed by atoms with Crippen molar-refractivity contribution in [2.45, 2.75) is 38.0 Å². The predicted octanol–water partition coefficient (Wildman–Crippen LogP) is 1.32. The van der Waals surface area contributed by atoms with Gasteiger partial charge in [-0.25, -0.2) is 0 Å². The fourth-order valence-electron chi connectivity index (χ4n) is 0.721. The SMILES string of the molecule is CCC(N)CSC(CC)C(=O)O. The predicted molar refractivity (Wildman–Crippen MR) is 52.4 cm³/mol. The molecule has 0 aromatic carbocycles. The molecule has 0 aromatic rings. The minimum Gasteiger partial charge on any atom is -0.480 e. The second kappa shape index (κ2) is 6.31. The summed E-state index contributed by atoms with van der Waals surface area (Å²) in [6.07, 6.45) is 1.57. The highest BCUT2D eigenvalue weighted by Crippen LogP contribution is 2.15. The maximum Gasteiger partial charge on any atom is 0.316 e. The van der Waals surface area contributed by atoms with E-state index in [9.17, 15) is 4.79 Å². The van der Waals surface area contributed by atoms with Crippen molar-refractivity contribution in [1.29, 1.82) is 0 Å². The molecular weight excluding hydrogens is 174 g/mol. The summed E-state index contributed by atoms with van der Waals surface area (Å²) in [4.78, 5) is 10.6. The van der Waals surface area contributed by atoms with Crippen LogP contribution in [-0.4, -0.2) is 28.1 Å². The fraction of sp³-hybridized carbons (Fsp3) is 0.875. The highest BCUT2D eigenvalue weighted by molar-refractivity contribution is 8.00. The number of carboxylic acids is 1. The molecule has 12 heavy (non-hydrogen) atoms. The van der Waals surface area contributed by atoms with Crippen molar-refractivity contribution >= 4 is 17.7 Å². The molecular formula is C8H17NO2S. The Bertz CT molecular complexity index is 141. The Kier molecular flexibility index (Phi) is 6.20. The third-order valence-electron chi connectivity index (χ3n) is 1.68. The van der Waals surface area contributed by atoms with Crippen molar-refractivity contribution in [1.82, 2.24) is 0 Å². The lowest BCUT2D eigenvalue weighted by Crippen LogP contribution is -2.25. The van der Waals surface area contributed by atoms with E-state index in [1.54, 1.807) is 0 Å². The van der Waals surface area contributed by atoms with Gasteiger partial charge in [0.05, 0.1) is 0 Å². The molecule has 0 aromatic heterocycles. The standard InChI is InChI=1S/C8H17NO2S/c1-3-6(9)5-12-7(4-2)8(10)11/h6-7H,3-5,9H2,1-2H3,(H,10,11). The summed E-state index contributed by atoms with van der Waals surface area (Å²) in [5, 5.41) is 8.41. The van der Waals surface area contributed by atoms with Crippen molar-refractivity contribution in [3.05, 3.63) is 0 Å². The van der Waals surface area contributed by atoms with Gasteiger partial charge in [0, 0.05) is 11.8 Å². The van der Waals surface area contributed by atoms with Crippen LogP contribution in [0.5, 0.6) is 0 Å². The monoisotopic (exact) mass is 191 g/mol. The fourth-order valence-corrected chi connectivity index (χ4v) is 1.81. The Hall–Kier alpha value is -0.220. The zero-order chi connectivity index (χ0) is 9.56. The first-order valence-electron chi connectivity index (χ1n) is 4.21. The van der Waals surface area contributed by atoms with Crippen LogP contribution in [0.2, 0.25) is 0 Å². The van der Waals surface area contributed by atoms with E-state index in [-0.39, 0.29) is 11.3 Å². The van der Waals surface area contributed by atoms with Crippen LogP contribution in [0.25, 0.3) is 0 Å². The number of carboxylic acid groups (broad SMARTS) is 1. The van der Waals surface area contributed by atoms with Gasteiger partial charge in [0.2, 0.25) is 0 Å². The van der Waals surface area contributed by atoms with Gasteiger partial charge in [-0.1, -0.05) is 13.8 Å². The first-order chi connectivity index (χ1) is 5.61. The van der Waals surface area contributed by atoms with E-state index in [0.29, 0.717) is 6.42 Å². The molecule has 3 N–H and O–H groups in total. The average Bonchev–Trinajstić information content (AvgIpc) is 2.04. The summed E-state index contributed by atoms with van der Waals surface area (Å²) in [5.74, 6) is 0.00667. The summed E-state index contributed by atoms with van der Waals surface area (Å²) in [6, 6.07) is 0.128. The smallest absolute Gasteiger partial charge is 0.316 e. The molecule has 0 aliphatic rings. The summed E-state index contributed by atoms with van der Waals surface area (Å²) in [6.45, 7) is 3.89. The molecule has 0 spiro atoms. The molecule has 0 fully saturated rings. The van der Waals surface area contributed by atoms with Crippen LogP contribution in [0.4, 0.5) is 0 Å². The van der Waals surface area contributed by atoms with E-state index in [2.05, 4.69) is 0 Å².